The van der Waals surface area contributed by atoms with Crippen molar-refractivity contribution in [2.24, 2.45) is 0 Å². The molecule has 1 fully saturated rings. The predicted octanol–water partition coefficient (Wildman–Crippen LogP) is 5.72. The molecule has 0 saturated carbocycles. The van der Waals surface area contributed by atoms with E-state index in [-0.39, 0.29) is 23.3 Å². The molecule has 1 aromatic heterocycles. The van der Waals surface area contributed by atoms with E-state index >= 15 is 0 Å². The summed E-state index contributed by atoms with van der Waals surface area (Å²) in [5, 5.41) is 4.79. The Morgan fingerprint density at radius 2 is 1.67 bits per heavy atom. The summed E-state index contributed by atoms with van der Waals surface area (Å²) in [4.78, 5) is 27.6. The standard InChI is InChI=1S/C27H26F2N2O4S/c1-34-21-16-22(35-2)26(29)24(25(21)28)27(33)31-13-11-18(12-14-31)17-5-7-19(8-6-17)30-23(32)10-9-20-4-3-15-36-20/h3-10,15-16,18H,11-14H2,1-2H3,(H,30,32)/b10-9+. The van der Waals surface area contributed by atoms with Gasteiger partial charge in [0.2, 0.25) is 5.91 Å². The smallest absolute Gasteiger partial charge is 0.260 e. The number of nitrogens with one attached hydrogen (secondary N) is 1. The lowest BCUT2D eigenvalue weighted by atomic mass is 9.89. The van der Waals surface area contributed by atoms with Gasteiger partial charge in [-0.05, 0) is 54.0 Å². The second-order valence-corrected chi connectivity index (χ2v) is 9.29. The van der Waals surface area contributed by atoms with Crippen LogP contribution in [0.15, 0.2) is 53.9 Å². The van der Waals surface area contributed by atoms with Crippen LogP contribution >= 0.6 is 11.3 Å². The van der Waals surface area contributed by atoms with E-state index in [4.69, 9.17) is 9.47 Å². The Kier molecular flexibility index (Phi) is 8.00. The van der Waals surface area contributed by atoms with Gasteiger partial charge in [0.05, 0.1) is 14.2 Å². The Morgan fingerprint density at radius 1 is 1.03 bits per heavy atom. The number of nitrogens with zero attached hydrogens (tertiary/aromatic N) is 1. The number of likely N-dealkylation sites (tertiary alicyclic amines) is 1. The summed E-state index contributed by atoms with van der Waals surface area (Å²) in [6, 6.07) is 12.5. The van der Waals surface area contributed by atoms with Crippen LogP contribution in [-0.4, -0.2) is 44.0 Å². The Labute approximate surface area is 212 Å². The van der Waals surface area contributed by atoms with Crippen molar-refractivity contribution in [2.45, 2.75) is 18.8 Å². The van der Waals surface area contributed by atoms with Gasteiger partial charge in [0.1, 0.15) is 5.56 Å². The summed E-state index contributed by atoms with van der Waals surface area (Å²) >= 11 is 1.55. The molecular weight excluding hydrogens is 486 g/mol. The molecule has 1 aliphatic rings. The maximum atomic E-state index is 14.7. The monoisotopic (exact) mass is 512 g/mol. The molecule has 0 radical (unpaired) electrons. The molecule has 0 unspecified atom stereocenters. The lowest BCUT2D eigenvalue weighted by Gasteiger charge is -2.32. The number of carbonyl (C=O) groups is 2. The van der Waals surface area contributed by atoms with Crippen LogP contribution in [0.4, 0.5) is 14.5 Å². The number of ether oxygens (including phenoxy) is 2. The molecule has 2 amide bonds. The van der Waals surface area contributed by atoms with E-state index in [9.17, 15) is 18.4 Å². The first kappa shape index (κ1) is 25.4. The van der Waals surface area contributed by atoms with Crippen LogP contribution in [0.25, 0.3) is 6.08 Å². The minimum atomic E-state index is -1.04. The number of rotatable bonds is 7. The van der Waals surface area contributed by atoms with Gasteiger partial charge in [-0.2, -0.15) is 0 Å². The van der Waals surface area contributed by atoms with E-state index in [1.54, 1.807) is 17.4 Å². The number of piperidine rings is 1. The Bertz CT molecular complexity index is 1220. The molecule has 0 bridgehead atoms. The summed E-state index contributed by atoms with van der Waals surface area (Å²) in [5.74, 6) is -3.32. The van der Waals surface area contributed by atoms with Crippen molar-refractivity contribution in [3.63, 3.8) is 0 Å². The topological polar surface area (TPSA) is 67.9 Å². The van der Waals surface area contributed by atoms with Crippen LogP contribution in [0, 0.1) is 11.6 Å². The van der Waals surface area contributed by atoms with E-state index in [0.29, 0.717) is 31.6 Å². The number of hydrogen-bond acceptors (Lipinski definition) is 5. The Morgan fingerprint density at radius 3 is 2.22 bits per heavy atom. The molecule has 0 spiro atoms. The normalized spacial score (nSPS) is 14.2. The van der Waals surface area contributed by atoms with Crippen LogP contribution in [0.3, 0.4) is 0 Å². The van der Waals surface area contributed by atoms with E-state index in [1.807, 2.05) is 41.8 Å². The summed E-state index contributed by atoms with van der Waals surface area (Å²) in [7, 11) is 2.49. The zero-order chi connectivity index (χ0) is 25.7. The van der Waals surface area contributed by atoms with Crippen LogP contribution in [0.5, 0.6) is 11.5 Å². The Hall–Kier alpha value is -3.72. The van der Waals surface area contributed by atoms with Gasteiger partial charge in [0, 0.05) is 35.8 Å². The summed E-state index contributed by atoms with van der Waals surface area (Å²) in [6.07, 6.45) is 4.55. The van der Waals surface area contributed by atoms with Gasteiger partial charge in [0.15, 0.2) is 23.1 Å². The highest BCUT2D eigenvalue weighted by Crippen LogP contribution is 2.34. The van der Waals surface area contributed by atoms with E-state index in [1.165, 1.54) is 25.2 Å². The van der Waals surface area contributed by atoms with E-state index in [2.05, 4.69) is 5.32 Å². The fourth-order valence-corrected chi connectivity index (χ4v) is 4.83. The van der Waals surface area contributed by atoms with Gasteiger partial charge >= 0.3 is 0 Å². The second-order valence-electron chi connectivity index (χ2n) is 8.31. The van der Waals surface area contributed by atoms with Gasteiger partial charge in [-0.15, -0.1) is 11.3 Å². The van der Waals surface area contributed by atoms with Gasteiger partial charge in [0.25, 0.3) is 5.91 Å². The molecule has 9 heteroatoms. The molecule has 1 aliphatic heterocycles. The van der Waals surface area contributed by atoms with Crippen molar-refractivity contribution in [1.29, 1.82) is 0 Å². The number of carbonyl (C=O) groups excluding carboxylic acids is 2. The van der Waals surface area contributed by atoms with Gasteiger partial charge in [-0.3, -0.25) is 9.59 Å². The fraction of sp³-hybridized carbons (Fsp3) is 0.259. The number of halogens is 2. The van der Waals surface area contributed by atoms with Crippen LogP contribution in [0.1, 0.15) is 39.6 Å². The number of benzene rings is 2. The van der Waals surface area contributed by atoms with Gasteiger partial charge < -0.3 is 19.7 Å². The first-order chi connectivity index (χ1) is 17.4. The number of amides is 2. The molecule has 36 heavy (non-hydrogen) atoms. The average Bonchev–Trinajstić information content (AvgIpc) is 3.42. The lowest BCUT2D eigenvalue weighted by Crippen LogP contribution is -2.38. The first-order valence-corrected chi connectivity index (χ1v) is 12.3. The minimum absolute atomic E-state index is 0.187. The fourth-order valence-electron chi connectivity index (χ4n) is 4.21. The molecule has 2 aromatic carbocycles. The highest BCUT2D eigenvalue weighted by atomic mass is 32.1. The van der Waals surface area contributed by atoms with Crippen molar-refractivity contribution >= 4 is 34.9 Å². The zero-order valence-electron chi connectivity index (χ0n) is 19.9. The zero-order valence-corrected chi connectivity index (χ0v) is 20.7. The number of thiophene rings is 1. The summed E-state index contributed by atoms with van der Waals surface area (Å²) in [6.45, 7) is 0.710. The SMILES string of the molecule is COc1cc(OC)c(F)c(C(=O)N2CCC(c3ccc(NC(=O)/C=C/c4cccs4)cc3)CC2)c1F. The molecule has 0 atom stereocenters. The first-order valence-electron chi connectivity index (χ1n) is 11.4. The quantitative estimate of drug-likeness (QED) is 0.412. The number of hydrogen-bond donors (Lipinski definition) is 1. The molecule has 3 aromatic rings. The summed E-state index contributed by atoms with van der Waals surface area (Å²) < 4.78 is 39.4. The predicted molar refractivity (Wildman–Crippen MR) is 136 cm³/mol. The van der Waals surface area contributed by atoms with Crippen molar-refractivity contribution < 1.29 is 27.8 Å². The second kappa shape index (κ2) is 11.3. The van der Waals surface area contributed by atoms with Crippen molar-refractivity contribution in [3.05, 3.63) is 81.6 Å². The third-order valence-electron chi connectivity index (χ3n) is 6.16. The maximum Gasteiger partial charge on any atom is 0.260 e. The molecule has 0 aliphatic carbocycles. The largest absolute Gasteiger partial charge is 0.494 e. The number of anilines is 1. The van der Waals surface area contributed by atoms with Gasteiger partial charge in [-0.1, -0.05) is 18.2 Å². The molecule has 4 rings (SSSR count). The van der Waals surface area contributed by atoms with Crippen LogP contribution < -0.4 is 14.8 Å². The third kappa shape index (κ3) is 5.57. The van der Waals surface area contributed by atoms with E-state index < -0.39 is 23.1 Å². The van der Waals surface area contributed by atoms with Crippen molar-refractivity contribution in [3.8, 4) is 11.5 Å². The highest BCUT2D eigenvalue weighted by molar-refractivity contribution is 7.10. The summed E-state index contributed by atoms with van der Waals surface area (Å²) in [5.41, 5.74) is 1.10. The third-order valence-corrected chi connectivity index (χ3v) is 7.00. The van der Waals surface area contributed by atoms with Crippen molar-refractivity contribution in [2.75, 3.05) is 32.6 Å². The molecule has 1 N–H and O–H groups in total. The number of methoxy groups -OCH3 is 2. The lowest BCUT2D eigenvalue weighted by molar-refractivity contribution is -0.111. The Balaban J connectivity index is 1.37. The highest BCUT2D eigenvalue weighted by Gasteiger charge is 2.31. The average molecular weight is 513 g/mol. The molecule has 1 saturated heterocycles. The van der Waals surface area contributed by atoms with Crippen LogP contribution in [0.2, 0.25) is 0 Å². The van der Waals surface area contributed by atoms with Crippen LogP contribution in [-0.2, 0) is 4.79 Å². The van der Waals surface area contributed by atoms with Gasteiger partial charge in [-0.25, -0.2) is 8.78 Å². The molecule has 188 valence electrons. The molecular formula is C27H26F2N2O4S. The van der Waals surface area contributed by atoms with E-state index in [0.717, 1.165) is 16.5 Å². The molecule has 6 nitrogen and oxygen atoms in total. The maximum absolute atomic E-state index is 14.7. The molecule has 2 heterocycles. The minimum Gasteiger partial charge on any atom is -0.494 e. The van der Waals surface area contributed by atoms with Crippen molar-refractivity contribution in [1.82, 2.24) is 4.90 Å².